The van der Waals surface area contributed by atoms with Crippen molar-refractivity contribution in [1.29, 1.82) is 0 Å². The third kappa shape index (κ3) is 3.68. The lowest BCUT2D eigenvalue weighted by Gasteiger charge is -2.26. The second kappa shape index (κ2) is 8.05. The molecule has 1 aromatic heterocycles. The topological polar surface area (TPSA) is 76.5 Å². The summed E-state index contributed by atoms with van der Waals surface area (Å²) in [6, 6.07) is 5.22. The highest BCUT2D eigenvalue weighted by molar-refractivity contribution is 9.10. The Balaban J connectivity index is 2.18. The van der Waals surface area contributed by atoms with Crippen LogP contribution >= 0.6 is 31.9 Å². The number of halogens is 3. The van der Waals surface area contributed by atoms with E-state index in [1.807, 2.05) is 0 Å². The molecular weight excluding hydrogens is 471 g/mol. The molecule has 0 fully saturated rings. The molecule has 1 unspecified atom stereocenters. The lowest BCUT2D eigenvalue weighted by molar-refractivity contribution is -0.136. The Bertz CT molecular complexity index is 903. The number of alkyl halides is 1. The van der Waals surface area contributed by atoms with Gasteiger partial charge in [0.1, 0.15) is 11.9 Å². The lowest BCUT2D eigenvalue weighted by atomic mass is 9.96. The Kier molecular flexibility index (Phi) is 5.77. The van der Waals surface area contributed by atoms with Gasteiger partial charge < -0.3 is 10.1 Å². The first-order valence-corrected chi connectivity index (χ1v) is 9.41. The van der Waals surface area contributed by atoms with Crippen molar-refractivity contribution in [3.63, 3.8) is 0 Å². The summed E-state index contributed by atoms with van der Waals surface area (Å²) in [4.78, 5) is 25.4. The Morgan fingerprint density at radius 2 is 2.08 bits per heavy atom. The van der Waals surface area contributed by atoms with Gasteiger partial charge >= 0.3 is 5.97 Å². The molecule has 3 rings (SSSR count). The Labute approximate surface area is 165 Å². The zero-order valence-electron chi connectivity index (χ0n) is 13.5. The molecule has 0 aliphatic carbocycles. The third-order valence-corrected chi connectivity index (χ3v) is 4.95. The van der Waals surface area contributed by atoms with Crippen molar-refractivity contribution in [2.75, 3.05) is 12.4 Å². The van der Waals surface area contributed by atoms with Gasteiger partial charge in [0.15, 0.2) is 11.7 Å². The predicted molar refractivity (Wildman–Crippen MR) is 101 cm³/mol. The number of hydrogen-bond acceptors (Lipinski definition) is 6. The van der Waals surface area contributed by atoms with Gasteiger partial charge in [-0.15, -0.1) is 0 Å². The second-order valence-electron chi connectivity index (χ2n) is 5.26. The summed E-state index contributed by atoms with van der Waals surface area (Å²) in [6.07, 6.45) is 3.20. The Hall–Kier alpha value is -2.13. The molecule has 1 aliphatic rings. The van der Waals surface area contributed by atoms with Crippen molar-refractivity contribution in [3.05, 3.63) is 69.6 Å². The van der Waals surface area contributed by atoms with Crippen LogP contribution in [0.5, 0.6) is 0 Å². The van der Waals surface area contributed by atoms with Crippen LogP contribution in [0, 0.1) is 5.82 Å². The zero-order chi connectivity index (χ0) is 18.7. The first-order valence-electron chi connectivity index (χ1n) is 7.49. The van der Waals surface area contributed by atoms with Crippen molar-refractivity contribution >= 4 is 43.7 Å². The molecule has 2 heterocycles. The lowest BCUT2D eigenvalue weighted by Crippen LogP contribution is -2.35. The van der Waals surface area contributed by atoms with Crippen LogP contribution in [-0.2, 0) is 9.53 Å². The number of allylic oxidation sites excluding steroid dienone is 1. The monoisotopic (exact) mass is 482 g/mol. The van der Waals surface area contributed by atoms with Gasteiger partial charge in [0, 0.05) is 27.9 Å². The highest BCUT2D eigenvalue weighted by atomic mass is 79.9. The van der Waals surface area contributed by atoms with E-state index in [1.165, 1.54) is 19.2 Å². The van der Waals surface area contributed by atoms with Crippen molar-refractivity contribution in [3.8, 4) is 0 Å². The summed E-state index contributed by atoms with van der Waals surface area (Å²) in [5, 5.41) is 3.44. The van der Waals surface area contributed by atoms with E-state index in [9.17, 15) is 9.18 Å². The predicted octanol–water partition coefficient (Wildman–Crippen LogP) is 3.29. The van der Waals surface area contributed by atoms with Crippen LogP contribution < -0.4 is 5.32 Å². The molecule has 0 bridgehead atoms. The number of aliphatic imine (C=N–C) groups is 1. The summed E-state index contributed by atoms with van der Waals surface area (Å²) < 4.78 is 18.9. The van der Waals surface area contributed by atoms with Crippen LogP contribution in [0.1, 0.15) is 17.4 Å². The van der Waals surface area contributed by atoms with Gasteiger partial charge in [0.25, 0.3) is 0 Å². The second-order valence-corrected chi connectivity index (χ2v) is 6.68. The minimum atomic E-state index is -0.704. The number of nitrogens with one attached hydrogen (secondary N) is 1. The summed E-state index contributed by atoms with van der Waals surface area (Å²) in [5.74, 6) is -0.119. The highest BCUT2D eigenvalue weighted by Gasteiger charge is 2.33. The Morgan fingerprint density at radius 1 is 1.35 bits per heavy atom. The summed E-state index contributed by atoms with van der Waals surface area (Å²) in [7, 11) is 1.30. The van der Waals surface area contributed by atoms with Crippen LogP contribution in [0.15, 0.2) is 57.4 Å². The molecule has 26 heavy (non-hydrogen) atoms. The number of rotatable bonds is 4. The SMILES string of the molecule is COC(=O)C1=C(CBr)NC(c2ncccn2)=NC1c1ccc(F)cc1Br. The number of hydrogen-bond donors (Lipinski definition) is 1. The van der Waals surface area contributed by atoms with E-state index >= 15 is 0 Å². The smallest absolute Gasteiger partial charge is 0.338 e. The molecule has 1 N–H and O–H groups in total. The van der Waals surface area contributed by atoms with Crippen LogP contribution in [0.2, 0.25) is 0 Å². The maximum atomic E-state index is 13.5. The van der Waals surface area contributed by atoms with Crippen LogP contribution in [-0.4, -0.2) is 34.2 Å². The average Bonchev–Trinajstić information content (AvgIpc) is 2.67. The van der Waals surface area contributed by atoms with E-state index in [1.54, 1.807) is 24.5 Å². The van der Waals surface area contributed by atoms with Gasteiger partial charge in [-0.05, 0) is 23.8 Å². The number of methoxy groups -OCH3 is 1. The number of carbonyl (C=O) groups is 1. The summed E-state index contributed by atoms with van der Waals surface area (Å²) >= 11 is 6.74. The molecule has 0 radical (unpaired) electrons. The molecule has 1 aromatic carbocycles. The largest absolute Gasteiger partial charge is 0.466 e. The highest BCUT2D eigenvalue weighted by Crippen LogP contribution is 2.36. The summed E-state index contributed by atoms with van der Waals surface area (Å²) in [5.41, 5.74) is 1.53. The number of nitrogens with zero attached hydrogens (tertiary/aromatic N) is 3. The molecule has 6 nitrogen and oxygen atoms in total. The molecule has 0 amide bonds. The molecular formula is C17H13Br2FN4O2. The van der Waals surface area contributed by atoms with Gasteiger partial charge in [-0.25, -0.2) is 19.2 Å². The molecule has 0 spiro atoms. The van der Waals surface area contributed by atoms with E-state index in [4.69, 9.17) is 4.74 Å². The zero-order valence-corrected chi connectivity index (χ0v) is 16.7. The van der Waals surface area contributed by atoms with Crippen LogP contribution in [0.3, 0.4) is 0 Å². The van der Waals surface area contributed by atoms with Crippen LogP contribution in [0.25, 0.3) is 0 Å². The maximum Gasteiger partial charge on any atom is 0.338 e. The number of carbonyl (C=O) groups excluding carboxylic acids is 1. The van der Waals surface area contributed by atoms with Crippen LogP contribution in [0.4, 0.5) is 4.39 Å². The number of benzene rings is 1. The van der Waals surface area contributed by atoms with Crippen molar-refractivity contribution in [2.24, 2.45) is 4.99 Å². The van der Waals surface area contributed by atoms with Gasteiger partial charge in [-0.2, -0.15) is 0 Å². The number of amidine groups is 1. The molecule has 2 aromatic rings. The van der Waals surface area contributed by atoms with E-state index < -0.39 is 17.8 Å². The minimum absolute atomic E-state index is 0.330. The fourth-order valence-electron chi connectivity index (χ4n) is 2.53. The van der Waals surface area contributed by atoms with Gasteiger partial charge in [-0.1, -0.05) is 37.9 Å². The molecule has 9 heteroatoms. The Morgan fingerprint density at radius 3 is 2.69 bits per heavy atom. The molecule has 1 atom stereocenters. The first-order chi connectivity index (χ1) is 12.5. The fourth-order valence-corrected chi connectivity index (χ4v) is 3.54. The number of ether oxygens (including phenoxy) is 1. The van der Waals surface area contributed by atoms with E-state index in [-0.39, 0.29) is 0 Å². The standard InChI is InChI=1S/C17H13Br2FN4O2/c1-26-17(25)13-12(8-18)23-16(15-21-5-2-6-22-15)24-14(13)10-4-3-9(20)7-11(10)19/h2-7,14H,8H2,1H3,(H,23,24). The van der Waals surface area contributed by atoms with Gasteiger partial charge in [-0.3, -0.25) is 4.99 Å². The third-order valence-electron chi connectivity index (χ3n) is 3.70. The maximum absolute atomic E-state index is 13.5. The van der Waals surface area contributed by atoms with Gasteiger partial charge in [0.05, 0.1) is 12.7 Å². The molecule has 1 aliphatic heterocycles. The number of esters is 1. The average molecular weight is 484 g/mol. The van der Waals surface area contributed by atoms with E-state index in [2.05, 4.69) is 52.1 Å². The molecule has 0 saturated heterocycles. The van der Waals surface area contributed by atoms with E-state index in [0.29, 0.717) is 38.3 Å². The normalized spacial score (nSPS) is 16.8. The molecule has 134 valence electrons. The van der Waals surface area contributed by atoms with Crippen molar-refractivity contribution in [1.82, 2.24) is 15.3 Å². The summed E-state index contributed by atoms with van der Waals surface area (Å²) in [6.45, 7) is 0. The fraction of sp³-hybridized carbons (Fsp3) is 0.176. The molecule has 0 saturated carbocycles. The van der Waals surface area contributed by atoms with Gasteiger partial charge in [0.2, 0.25) is 0 Å². The first kappa shape index (κ1) is 18.7. The quantitative estimate of drug-likeness (QED) is 0.533. The minimum Gasteiger partial charge on any atom is -0.466 e. The van der Waals surface area contributed by atoms with Crippen molar-refractivity contribution in [2.45, 2.75) is 6.04 Å². The van der Waals surface area contributed by atoms with Crippen molar-refractivity contribution < 1.29 is 13.9 Å². The number of aromatic nitrogens is 2. The van der Waals surface area contributed by atoms with E-state index in [0.717, 1.165) is 0 Å².